The fraction of sp³-hybridized carbons (Fsp3) is 0.0400. The lowest BCUT2D eigenvalue weighted by molar-refractivity contribution is 0.769. The van der Waals surface area contributed by atoms with Crippen LogP contribution in [-0.2, 0) is 5.41 Å². The van der Waals surface area contributed by atoms with Gasteiger partial charge in [-0.3, -0.25) is 0 Å². The van der Waals surface area contributed by atoms with Crippen LogP contribution in [0.1, 0.15) is 22.3 Å². The second-order valence-electron chi connectivity index (χ2n) is 7.02. The average Bonchev–Trinajstić information content (AvgIpc) is 3.03. The van der Waals surface area contributed by atoms with Crippen LogP contribution < -0.4 is 11.5 Å². The Labute approximate surface area is 159 Å². The molecule has 0 atom stereocenters. The quantitative estimate of drug-likeness (QED) is 0.430. The molecule has 0 radical (unpaired) electrons. The van der Waals surface area contributed by atoms with Crippen LogP contribution in [0.5, 0.6) is 0 Å². The third-order valence-corrected chi connectivity index (χ3v) is 5.66. The number of rotatable bonds is 2. The molecule has 0 bridgehead atoms. The highest BCUT2D eigenvalue weighted by atomic mass is 14.6. The Bertz CT molecular complexity index is 1040. The van der Waals surface area contributed by atoms with Gasteiger partial charge in [0.05, 0.1) is 5.41 Å². The second-order valence-corrected chi connectivity index (χ2v) is 7.02. The van der Waals surface area contributed by atoms with Gasteiger partial charge in [0, 0.05) is 22.5 Å². The summed E-state index contributed by atoms with van der Waals surface area (Å²) >= 11 is 0. The number of fused-ring (bicyclic) bond motifs is 3. The molecule has 4 aromatic rings. The summed E-state index contributed by atoms with van der Waals surface area (Å²) in [5, 5.41) is 0. The molecule has 2 nitrogen and oxygen atoms in total. The number of nitrogens with two attached hydrogens (primary N) is 2. The Morgan fingerprint density at radius 1 is 0.444 bits per heavy atom. The first-order chi connectivity index (χ1) is 13.2. The lowest BCUT2D eigenvalue weighted by Gasteiger charge is -2.33. The van der Waals surface area contributed by atoms with E-state index in [1.54, 1.807) is 0 Å². The second kappa shape index (κ2) is 5.75. The predicted molar refractivity (Wildman–Crippen MR) is 113 cm³/mol. The summed E-state index contributed by atoms with van der Waals surface area (Å²) in [6.45, 7) is 0. The van der Waals surface area contributed by atoms with Crippen LogP contribution in [0.4, 0.5) is 11.4 Å². The maximum Gasteiger partial charge on any atom is 0.0715 e. The molecule has 130 valence electrons. The molecule has 0 heterocycles. The van der Waals surface area contributed by atoms with E-state index in [1.165, 1.54) is 22.3 Å². The number of hydrogen-bond donors (Lipinski definition) is 2. The van der Waals surface area contributed by atoms with Crippen LogP contribution in [0.15, 0.2) is 97.1 Å². The summed E-state index contributed by atoms with van der Waals surface area (Å²) in [4.78, 5) is 0. The van der Waals surface area contributed by atoms with Crippen LogP contribution >= 0.6 is 0 Å². The molecule has 0 aliphatic heterocycles. The highest BCUT2D eigenvalue weighted by molar-refractivity contribution is 5.97. The van der Waals surface area contributed by atoms with Gasteiger partial charge >= 0.3 is 0 Å². The van der Waals surface area contributed by atoms with Crippen molar-refractivity contribution in [2.45, 2.75) is 5.41 Å². The van der Waals surface area contributed by atoms with Crippen LogP contribution in [0, 0.1) is 0 Å². The van der Waals surface area contributed by atoms with Crippen LogP contribution in [0.25, 0.3) is 11.1 Å². The summed E-state index contributed by atoms with van der Waals surface area (Å²) in [5.74, 6) is 0. The molecule has 0 unspecified atom stereocenters. The molecule has 0 spiro atoms. The zero-order valence-corrected chi connectivity index (χ0v) is 14.9. The molecule has 0 saturated heterocycles. The van der Waals surface area contributed by atoms with E-state index in [-0.39, 0.29) is 0 Å². The fourth-order valence-corrected chi connectivity index (χ4v) is 4.63. The lowest BCUT2D eigenvalue weighted by atomic mass is 9.67. The Balaban J connectivity index is 2.02. The molecule has 27 heavy (non-hydrogen) atoms. The van der Waals surface area contributed by atoms with Crippen molar-refractivity contribution in [1.29, 1.82) is 0 Å². The monoisotopic (exact) mass is 348 g/mol. The van der Waals surface area contributed by atoms with Crippen molar-refractivity contribution in [2.24, 2.45) is 0 Å². The molecule has 0 amide bonds. The number of benzene rings is 4. The van der Waals surface area contributed by atoms with Gasteiger partial charge in [-0.1, -0.05) is 84.9 Å². The van der Waals surface area contributed by atoms with Crippen molar-refractivity contribution in [3.05, 3.63) is 119 Å². The highest BCUT2D eigenvalue weighted by Gasteiger charge is 2.47. The minimum atomic E-state index is -0.433. The van der Waals surface area contributed by atoms with Crippen molar-refractivity contribution in [2.75, 3.05) is 11.5 Å². The van der Waals surface area contributed by atoms with Crippen molar-refractivity contribution < 1.29 is 0 Å². The summed E-state index contributed by atoms with van der Waals surface area (Å²) in [5.41, 5.74) is 21.0. The van der Waals surface area contributed by atoms with Crippen LogP contribution in [0.2, 0.25) is 0 Å². The van der Waals surface area contributed by atoms with E-state index < -0.39 is 5.41 Å². The van der Waals surface area contributed by atoms with Crippen molar-refractivity contribution in [3.63, 3.8) is 0 Å². The molecule has 0 aromatic heterocycles. The maximum atomic E-state index is 6.48. The number of nitrogen functional groups attached to an aromatic ring is 2. The normalized spacial score (nSPS) is 13.8. The average molecular weight is 348 g/mol. The van der Waals surface area contributed by atoms with Crippen molar-refractivity contribution >= 4 is 11.4 Å². The van der Waals surface area contributed by atoms with E-state index in [4.69, 9.17) is 11.5 Å². The standard InChI is InChI=1S/C25H20N2/c26-21-15-7-13-19-23(21)24-20(14-8-16-22(24)27)25(19,17-9-3-1-4-10-17)18-11-5-2-6-12-18/h1-16H,26-27H2. The highest BCUT2D eigenvalue weighted by Crippen LogP contribution is 2.58. The molecule has 5 rings (SSSR count). The van der Waals surface area contributed by atoms with Gasteiger partial charge < -0.3 is 11.5 Å². The predicted octanol–water partition coefficient (Wildman–Crippen LogP) is 5.21. The van der Waals surface area contributed by atoms with E-state index in [2.05, 4.69) is 72.8 Å². The zero-order chi connectivity index (χ0) is 18.4. The first-order valence-corrected chi connectivity index (χ1v) is 9.14. The molecule has 4 N–H and O–H groups in total. The SMILES string of the molecule is Nc1cccc2c1-c1c(N)cccc1C2(c1ccccc1)c1ccccc1. The van der Waals surface area contributed by atoms with Gasteiger partial charge in [-0.2, -0.15) is 0 Å². The molecule has 0 fully saturated rings. The molecule has 1 aliphatic rings. The van der Waals surface area contributed by atoms with E-state index in [1.807, 2.05) is 24.3 Å². The molecular formula is C25H20N2. The molecule has 2 heteroatoms. The largest absolute Gasteiger partial charge is 0.398 e. The Morgan fingerprint density at radius 2 is 0.852 bits per heavy atom. The topological polar surface area (TPSA) is 52.0 Å². The van der Waals surface area contributed by atoms with E-state index in [0.29, 0.717) is 0 Å². The fourth-order valence-electron chi connectivity index (χ4n) is 4.63. The Kier molecular flexibility index (Phi) is 3.34. The maximum absolute atomic E-state index is 6.48. The summed E-state index contributed by atoms with van der Waals surface area (Å²) < 4.78 is 0. The van der Waals surface area contributed by atoms with E-state index in [9.17, 15) is 0 Å². The minimum Gasteiger partial charge on any atom is -0.398 e. The van der Waals surface area contributed by atoms with Crippen molar-refractivity contribution in [1.82, 2.24) is 0 Å². The lowest BCUT2D eigenvalue weighted by Crippen LogP contribution is -2.28. The molecule has 1 aliphatic carbocycles. The Morgan fingerprint density at radius 3 is 1.26 bits per heavy atom. The van der Waals surface area contributed by atoms with Crippen molar-refractivity contribution in [3.8, 4) is 11.1 Å². The summed E-state index contributed by atoms with van der Waals surface area (Å²) in [6.07, 6.45) is 0. The first kappa shape index (κ1) is 15.7. The van der Waals surface area contributed by atoms with Crippen LogP contribution in [0.3, 0.4) is 0 Å². The van der Waals surface area contributed by atoms with E-state index in [0.717, 1.165) is 22.5 Å². The van der Waals surface area contributed by atoms with Gasteiger partial charge in [0.15, 0.2) is 0 Å². The van der Waals surface area contributed by atoms with Gasteiger partial charge in [-0.15, -0.1) is 0 Å². The van der Waals surface area contributed by atoms with Crippen LogP contribution in [-0.4, -0.2) is 0 Å². The minimum absolute atomic E-state index is 0.433. The molecular weight excluding hydrogens is 328 g/mol. The number of hydrogen-bond acceptors (Lipinski definition) is 2. The van der Waals surface area contributed by atoms with Gasteiger partial charge in [0.25, 0.3) is 0 Å². The molecule has 4 aromatic carbocycles. The third-order valence-electron chi connectivity index (χ3n) is 5.66. The van der Waals surface area contributed by atoms with E-state index >= 15 is 0 Å². The number of anilines is 2. The third kappa shape index (κ3) is 2.01. The smallest absolute Gasteiger partial charge is 0.0715 e. The molecule has 0 saturated carbocycles. The zero-order valence-electron chi connectivity index (χ0n) is 14.9. The first-order valence-electron chi connectivity index (χ1n) is 9.14. The summed E-state index contributed by atoms with van der Waals surface area (Å²) in [6, 6.07) is 33.6. The Hall–Kier alpha value is -3.52. The van der Waals surface area contributed by atoms with Gasteiger partial charge in [-0.25, -0.2) is 0 Å². The summed E-state index contributed by atoms with van der Waals surface area (Å²) in [7, 11) is 0. The van der Waals surface area contributed by atoms with Gasteiger partial charge in [0.2, 0.25) is 0 Å². The van der Waals surface area contributed by atoms with Gasteiger partial charge in [0.1, 0.15) is 0 Å². The van der Waals surface area contributed by atoms with Gasteiger partial charge in [-0.05, 0) is 34.4 Å².